The van der Waals surface area contributed by atoms with E-state index in [9.17, 15) is 4.79 Å². The molecule has 106 valence electrons. The predicted molar refractivity (Wildman–Crippen MR) is 74.1 cm³/mol. The van der Waals surface area contributed by atoms with Crippen molar-refractivity contribution in [3.05, 3.63) is 12.4 Å². The van der Waals surface area contributed by atoms with E-state index in [-0.39, 0.29) is 11.9 Å². The van der Waals surface area contributed by atoms with Gasteiger partial charge in [0.1, 0.15) is 0 Å². The molecule has 19 heavy (non-hydrogen) atoms. The molecule has 0 saturated carbocycles. The maximum absolute atomic E-state index is 11.8. The highest BCUT2D eigenvalue weighted by atomic mass is 16.2. The highest BCUT2D eigenvalue weighted by molar-refractivity contribution is 5.82. The van der Waals surface area contributed by atoms with E-state index in [1.54, 1.807) is 6.20 Å². The summed E-state index contributed by atoms with van der Waals surface area (Å²) in [5.41, 5.74) is 0. The van der Waals surface area contributed by atoms with E-state index < -0.39 is 0 Å². The van der Waals surface area contributed by atoms with Gasteiger partial charge in [-0.1, -0.05) is 0 Å². The van der Waals surface area contributed by atoms with Gasteiger partial charge < -0.3 is 25.8 Å². The Morgan fingerprint density at radius 2 is 2.47 bits per heavy atom. The summed E-state index contributed by atoms with van der Waals surface area (Å²) in [6, 6.07) is -0.102. The highest BCUT2D eigenvalue weighted by Gasteiger charge is 2.19. The largest absolute Gasteiger partial charge is 0.359 e. The minimum Gasteiger partial charge on any atom is -0.359 e. The van der Waals surface area contributed by atoms with Gasteiger partial charge in [0.25, 0.3) is 0 Å². The molecule has 0 radical (unpaired) electrons. The number of carbonyl (C=O) groups is 1. The summed E-state index contributed by atoms with van der Waals surface area (Å²) in [6.45, 7) is 4.00. The minimum atomic E-state index is -0.102. The van der Waals surface area contributed by atoms with Gasteiger partial charge in [0.15, 0.2) is 0 Å². The number of aryl methyl sites for hydroxylation is 1. The zero-order valence-electron chi connectivity index (χ0n) is 11.3. The lowest BCUT2D eigenvalue weighted by Gasteiger charge is -2.23. The Bertz CT molecular complexity index is 399. The Morgan fingerprint density at radius 3 is 3.21 bits per heavy atom. The van der Waals surface area contributed by atoms with E-state index in [0.29, 0.717) is 13.1 Å². The Hall–Kier alpha value is -1.60. The van der Waals surface area contributed by atoms with Crippen LogP contribution in [0.25, 0.3) is 0 Å². The molecule has 0 aliphatic carbocycles. The molecule has 1 atom stereocenters. The fourth-order valence-electron chi connectivity index (χ4n) is 2.14. The first-order valence-electron chi connectivity index (χ1n) is 6.72. The Morgan fingerprint density at radius 1 is 1.58 bits per heavy atom. The van der Waals surface area contributed by atoms with Gasteiger partial charge in [0, 0.05) is 52.2 Å². The topological polar surface area (TPSA) is 83.0 Å². The monoisotopic (exact) mass is 266 g/mol. The van der Waals surface area contributed by atoms with Crippen LogP contribution in [-0.2, 0) is 11.3 Å². The summed E-state index contributed by atoms with van der Waals surface area (Å²) in [6.07, 6.45) is 4.58. The average molecular weight is 266 g/mol. The van der Waals surface area contributed by atoms with Gasteiger partial charge >= 0.3 is 0 Å². The number of aromatic nitrogens is 2. The molecule has 4 N–H and O–H groups in total. The number of rotatable bonds is 6. The Labute approximate surface area is 113 Å². The van der Waals surface area contributed by atoms with E-state index in [0.717, 1.165) is 32.0 Å². The van der Waals surface area contributed by atoms with Crippen molar-refractivity contribution >= 4 is 11.9 Å². The van der Waals surface area contributed by atoms with Crippen molar-refractivity contribution in [3.8, 4) is 0 Å². The number of anilines is 1. The summed E-state index contributed by atoms with van der Waals surface area (Å²) in [7, 11) is 1.85. The number of imidazole rings is 1. The first-order valence-corrected chi connectivity index (χ1v) is 6.72. The van der Waals surface area contributed by atoms with Crippen LogP contribution in [0.4, 0.5) is 5.95 Å². The van der Waals surface area contributed by atoms with Crippen LogP contribution in [0.15, 0.2) is 12.4 Å². The van der Waals surface area contributed by atoms with Crippen LogP contribution in [0.2, 0.25) is 0 Å². The third kappa shape index (κ3) is 3.93. The molecule has 7 nitrogen and oxygen atoms in total. The number of piperazine rings is 1. The normalized spacial score (nSPS) is 19.1. The van der Waals surface area contributed by atoms with Crippen LogP contribution in [0.5, 0.6) is 0 Å². The van der Waals surface area contributed by atoms with Crippen LogP contribution < -0.4 is 21.3 Å². The molecule has 0 aromatic carbocycles. The zero-order valence-corrected chi connectivity index (χ0v) is 11.3. The van der Waals surface area contributed by atoms with Gasteiger partial charge in [-0.15, -0.1) is 0 Å². The fraction of sp³-hybridized carbons (Fsp3) is 0.667. The van der Waals surface area contributed by atoms with Crippen LogP contribution in [0.3, 0.4) is 0 Å². The molecule has 0 spiro atoms. The molecule has 1 amide bonds. The third-order valence-corrected chi connectivity index (χ3v) is 3.17. The first kappa shape index (κ1) is 13.8. The predicted octanol–water partition coefficient (Wildman–Crippen LogP) is -1.01. The van der Waals surface area contributed by atoms with Crippen LogP contribution in [-0.4, -0.2) is 54.7 Å². The summed E-state index contributed by atoms with van der Waals surface area (Å²) in [5.74, 6) is 0.927. The lowest BCUT2D eigenvalue weighted by molar-refractivity contribution is -0.123. The lowest BCUT2D eigenvalue weighted by atomic mass is 10.2. The quantitative estimate of drug-likeness (QED) is 0.496. The smallest absolute Gasteiger partial charge is 0.238 e. The molecule has 0 unspecified atom stereocenters. The molecule has 1 aromatic heterocycles. The lowest BCUT2D eigenvalue weighted by Crippen LogP contribution is -2.55. The molecular formula is C12H22N6O. The van der Waals surface area contributed by atoms with E-state index in [1.165, 1.54) is 0 Å². The van der Waals surface area contributed by atoms with Gasteiger partial charge in [-0.3, -0.25) is 4.79 Å². The molecular weight excluding hydrogens is 244 g/mol. The zero-order chi connectivity index (χ0) is 13.5. The molecule has 0 bridgehead atoms. The van der Waals surface area contributed by atoms with Crippen molar-refractivity contribution in [1.29, 1.82) is 0 Å². The van der Waals surface area contributed by atoms with E-state index >= 15 is 0 Å². The molecule has 2 heterocycles. The van der Waals surface area contributed by atoms with Crippen LogP contribution in [0, 0.1) is 0 Å². The molecule has 1 aromatic rings. The first-order chi connectivity index (χ1) is 9.31. The minimum absolute atomic E-state index is 0.0756. The molecule has 1 fully saturated rings. The average Bonchev–Trinajstić information content (AvgIpc) is 2.91. The van der Waals surface area contributed by atoms with E-state index in [2.05, 4.69) is 26.3 Å². The molecule has 1 aliphatic heterocycles. The number of amides is 1. The van der Waals surface area contributed by atoms with Gasteiger partial charge in [-0.2, -0.15) is 0 Å². The molecule has 2 rings (SSSR count). The van der Waals surface area contributed by atoms with E-state index in [4.69, 9.17) is 0 Å². The van der Waals surface area contributed by atoms with Crippen molar-refractivity contribution in [3.63, 3.8) is 0 Å². The van der Waals surface area contributed by atoms with Crippen molar-refractivity contribution in [2.45, 2.75) is 19.0 Å². The summed E-state index contributed by atoms with van der Waals surface area (Å²) in [5, 5.41) is 12.4. The van der Waals surface area contributed by atoms with Crippen LogP contribution in [0.1, 0.15) is 6.42 Å². The van der Waals surface area contributed by atoms with Gasteiger partial charge in [0.2, 0.25) is 11.9 Å². The summed E-state index contributed by atoms with van der Waals surface area (Å²) in [4.78, 5) is 16.0. The maximum Gasteiger partial charge on any atom is 0.238 e. The highest BCUT2D eigenvalue weighted by Crippen LogP contribution is 2.03. The second-order valence-electron chi connectivity index (χ2n) is 4.55. The second kappa shape index (κ2) is 7.10. The summed E-state index contributed by atoms with van der Waals surface area (Å²) >= 11 is 0. The number of carbonyl (C=O) groups excluding carboxylic acids is 1. The van der Waals surface area contributed by atoms with Gasteiger partial charge in [-0.05, 0) is 6.42 Å². The van der Waals surface area contributed by atoms with Gasteiger partial charge in [-0.25, -0.2) is 4.98 Å². The SMILES string of the molecule is CNc1nccn1CCCNC(=O)[C@H]1CNCCN1. The number of hydrogen-bond donors (Lipinski definition) is 4. The number of nitrogens with zero attached hydrogens (tertiary/aromatic N) is 2. The number of nitrogens with one attached hydrogen (secondary N) is 4. The van der Waals surface area contributed by atoms with Crippen LogP contribution >= 0.6 is 0 Å². The molecule has 7 heteroatoms. The molecule has 1 saturated heterocycles. The number of hydrogen-bond acceptors (Lipinski definition) is 5. The van der Waals surface area contributed by atoms with Crippen molar-refractivity contribution in [2.75, 3.05) is 38.5 Å². The standard InChI is InChI=1S/C12H22N6O/c1-13-12-17-6-8-18(12)7-2-3-16-11(19)10-9-14-4-5-15-10/h6,8,10,14-15H,2-5,7,9H2,1H3,(H,13,17)(H,16,19)/t10-/m1/s1. The van der Waals surface area contributed by atoms with Crippen molar-refractivity contribution in [1.82, 2.24) is 25.5 Å². The Kier molecular flexibility index (Phi) is 5.17. The van der Waals surface area contributed by atoms with Crippen molar-refractivity contribution in [2.24, 2.45) is 0 Å². The maximum atomic E-state index is 11.8. The van der Waals surface area contributed by atoms with Gasteiger partial charge in [0.05, 0.1) is 6.04 Å². The fourth-order valence-corrected chi connectivity index (χ4v) is 2.14. The second-order valence-corrected chi connectivity index (χ2v) is 4.55. The van der Waals surface area contributed by atoms with E-state index in [1.807, 2.05) is 17.8 Å². The Balaban J connectivity index is 1.65. The summed E-state index contributed by atoms with van der Waals surface area (Å²) < 4.78 is 2.03. The van der Waals surface area contributed by atoms with Crippen molar-refractivity contribution < 1.29 is 4.79 Å². The third-order valence-electron chi connectivity index (χ3n) is 3.17. The molecule has 1 aliphatic rings.